The zero-order chi connectivity index (χ0) is 22.7. The number of hydrogen-bond acceptors (Lipinski definition) is 7. The lowest BCUT2D eigenvalue weighted by molar-refractivity contribution is -0.120. The fraction of sp³-hybridized carbons (Fsp3) is 0.435. The molecule has 2 bridgehead atoms. The third-order valence-electron chi connectivity index (χ3n) is 6.02. The predicted octanol–water partition coefficient (Wildman–Crippen LogP) is 5.49. The molecule has 5 rings (SSSR count). The molecular weight excluding hydrogens is 467 g/mol. The summed E-state index contributed by atoms with van der Waals surface area (Å²) < 4.78 is 2.09. The van der Waals surface area contributed by atoms with Crippen molar-refractivity contribution in [3.05, 3.63) is 46.1 Å². The quantitative estimate of drug-likeness (QED) is 0.447. The molecule has 9 heteroatoms. The van der Waals surface area contributed by atoms with Crippen LogP contribution in [0.4, 0.5) is 17.2 Å². The SMILES string of the molecule is CNc1cc(Cl)cc(N2C3CCC2CC(=O)C3)c1.O=Cc1cc(N2CCCS2)ncc1Cl. The maximum absolute atomic E-state index is 11.6. The Labute approximate surface area is 202 Å². The van der Waals surface area contributed by atoms with E-state index in [1.807, 2.05) is 19.2 Å². The number of fused-ring (bicyclic) bond motifs is 2. The monoisotopic (exact) mass is 492 g/mol. The summed E-state index contributed by atoms with van der Waals surface area (Å²) in [5.41, 5.74) is 2.67. The number of aldehydes is 1. The molecule has 0 aliphatic carbocycles. The fourth-order valence-electron chi connectivity index (χ4n) is 4.56. The van der Waals surface area contributed by atoms with Crippen molar-refractivity contribution in [2.45, 2.75) is 44.2 Å². The van der Waals surface area contributed by atoms with Crippen LogP contribution in [0.15, 0.2) is 30.5 Å². The van der Waals surface area contributed by atoms with E-state index in [0.29, 0.717) is 41.3 Å². The second-order valence-corrected chi connectivity index (χ2v) is 10.1. The van der Waals surface area contributed by atoms with Crippen LogP contribution in [0.25, 0.3) is 0 Å². The highest BCUT2D eigenvalue weighted by Gasteiger charge is 2.40. The Balaban J connectivity index is 0.000000158. The number of halogens is 2. The Hall–Kier alpha value is -1.96. The summed E-state index contributed by atoms with van der Waals surface area (Å²) in [4.78, 5) is 28.9. The predicted molar refractivity (Wildman–Crippen MR) is 134 cm³/mol. The van der Waals surface area contributed by atoms with E-state index in [4.69, 9.17) is 23.2 Å². The minimum Gasteiger partial charge on any atom is -0.388 e. The minimum atomic E-state index is 0.374. The minimum absolute atomic E-state index is 0.374. The molecule has 2 aromatic rings. The number of rotatable bonds is 4. The molecule has 2 unspecified atom stereocenters. The third kappa shape index (κ3) is 5.16. The standard InChI is InChI=1S/C14H17ClN2O.C9H9ClN2OS/c1-16-10-4-9(15)5-13(6-10)17-11-2-3-12(17)8-14(18)7-11;10-8-5-11-9(4-7(8)6-13)12-2-1-3-14-12/h4-6,11-12,16H,2-3,7-8H2,1H3;4-6H,1-3H2. The molecule has 1 aromatic carbocycles. The summed E-state index contributed by atoms with van der Waals surface area (Å²) in [6, 6.07) is 8.52. The average Bonchev–Trinajstić information content (AvgIpc) is 3.41. The fourth-order valence-corrected chi connectivity index (χ4v) is 5.90. The van der Waals surface area contributed by atoms with Crippen LogP contribution in [0.1, 0.15) is 42.5 Å². The molecule has 3 fully saturated rings. The van der Waals surface area contributed by atoms with Crippen LogP contribution in [-0.4, -0.2) is 48.5 Å². The number of Topliss-reactive ketones (excluding diaryl/α,β-unsaturated/α-hetero) is 1. The van der Waals surface area contributed by atoms with Gasteiger partial charge in [-0.15, -0.1) is 0 Å². The molecule has 3 saturated heterocycles. The zero-order valence-electron chi connectivity index (χ0n) is 17.9. The van der Waals surface area contributed by atoms with E-state index in [2.05, 4.69) is 25.6 Å². The van der Waals surface area contributed by atoms with Gasteiger partial charge in [0, 0.05) is 72.4 Å². The number of nitrogens with one attached hydrogen (secondary N) is 1. The average molecular weight is 493 g/mol. The lowest BCUT2D eigenvalue weighted by atomic mass is 10.0. The smallest absolute Gasteiger partial charge is 0.151 e. The molecule has 0 spiro atoms. The number of piperidine rings is 1. The number of pyridine rings is 1. The van der Waals surface area contributed by atoms with Gasteiger partial charge in [0.1, 0.15) is 11.6 Å². The van der Waals surface area contributed by atoms with Gasteiger partial charge in [0.05, 0.1) is 5.02 Å². The van der Waals surface area contributed by atoms with E-state index < -0.39 is 0 Å². The Morgan fingerprint density at radius 2 is 1.91 bits per heavy atom. The van der Waals surface area contributed by atoms with Crippen molar-refractivity contribution in [2.75, 3.05) is 33.9 Å². The number of carbonyl (C=O) groups excluding carboxylic acids is 2. The molecule has 32 heavy (non-hydrogen) atoms. The molecule has 1 N–H and O–H groups in total. The zero-order valence-corrected chi connectivity index (χ0v) is 20.2. The van der Waals surface area contributed by atoms with Crippen molar-refractivity contribution in [3.63, 3.8) is 0 Å². The number of anilines is 3. The summed E-state index contributed by atoms with van der Waals surface area (Å²) in [7, 11) is 1.89. The largest absolute Gasteiger partial charge is 0.388 e. The molecule has 6 nitrogen and oxygen atoms in total. The number of aromatic nitrogens is 1. The van der Waals surface area contributed by atoms with Crippen molar-refractivity contribution >= 4 is 64.4 Å². The Bertz CT molecular complexity index is 984. The summed E-state index contributed by atoms with van der Waals surface area (Å²) in [6.07, 6.45) is 7.07. The van der Waals surface area contributed by atoms with Gasteiger partial charge < -0.3 is 14.5 Å². The third-order valence-corrected chi connectivity index (χ3v) is 7.71. The van der Waals surface area contributed by atoms with Gasteiger partial charge in [0.2, 0.25) is 0 Å². The first kappa shape index (κ1) is 23.2. The number of ketones is 1. The molecule has 0 saturated carbocycles. The molecule has 0 radical (unpaired) electrons. The molecule has 1 aromatic heterocycles. The van der Waals surface area contributed by atoms with Gasteiger partial charge in [0.25, 0.3) is 0 Å². The van der Waals surface area contributed by atoms with E-state index in [-0.39, 0.29) is 0 Å². The van der Waals surface area contributed by atoms with Crippen LogP contribution in [0.3, 0.4) is 0 Å². The second kappa shape index (κ2) is 10.3. The molecule has 3 aliphatic heterocycles. The molecule has 0 amide bonds. The molecule has 170 valence electrons. The second-order valence-electron chi connectivity index (χ2n) is 8.16. The van der Waals surface area contributed by atoms with E-state index in [1.54, 1.807) is 18.0 Å². The highest BCUT2D eigenvalue weighted by molar-refractivity contribution is 8.00. The first-order valence-electron chi connectivity index (χ1n) is 10.8. The van der Waals surface area contributed by atoms with E-state index >= 15 is 0 Å². The van der Waals surface area contributed by atoms with Crippen LogP contribution in [0.5, 0.6) is 0 Å². The van der Waals surface area contributed by atoms with Gasteiger partial charge in [-0.25, -0.2) is 4.98 Å². The normalized spacial score (nSPS) is 21.9. The number of carbonyl (C=O) groups is 2. The van der Waals surface area contributed by atoms with Gasteiger partial charge in [-0.1, -0.05) is 23.2 Å². The van der Waals surface area contributed by atoms with Crippen molar-refractivity contribution in [2.24, 2.45) is 0 Å². The van der Waals surface area contributed by atoms with E-state index in [9.17, 15) is 9.59 Å². The van der Waals surface area contributed by atoms with Gasteiger partial charge in [-0.05, 0) is 55.5 Å². The lowest BCUT2D eigenvalue weighted by Crippen LogP contribution is -2.43. The highest BCUT2D eigenvalue weighted by atomic mass is 35.5. The van der Waals surface area contributed by atoms with Gasteiger partial charge in [0.15, 0.2) is 6.29 Å². The molecular formula is C23H26Cl2N4O2S. The van der Waals surface area contributed by atoms with Crippen molar-refractivity contribution in [1.29, 1.82) is 0 Å². The lowest BCUT2D eigenvalue weighted by Gasteiger charge is -2.36. The Morgan fingerprint density at radius 1 is 1.16 bits per heavy atom. The van der Waals surface area contributed by atoms with Crippen LogP contribution < -0.4 is 14.5 Å². The summed E-state index contributed by atoms with van der Waals surface area (Å²) >= 11 is 13.7. The number of hydrogen-bond donors (Lipinski definition) is 1. The Morgan fingerprint density at radius 3 is 2.53 bits per heavy atom. The van der Waals surface area contributed by atoms with Gasteiger partial charge in [-0.2, -0.15) is 0 Å². The van der Waals surface area contributed by atoms with E-state index in [1.165, 1.54) is 6.20 Å². The summed E-state index contributed by atoms with van der Waals surface area (Å²) in [5.74, 6) is 2.34. The molecule has 4 heterocycles. The van der Waals surface area contributed by atoms with Crippen molar-refractivity contribution in [3.8, 4) is 0 Å². The summed E-state index contributed by atoms with van der Waals surface area (Å²) in [5, 5.41) is 4.28. The maximum Gasteiger partial charge on any atom is 0.151 e. The maximum atomic E-state index is 11.6. The van der Waals surface area contributed by atoms with Crippen LogP contribution >= 0.6 is 35.1 Å². The van der Waals surface area contributed by atoms with Crippen LogP contribution in [-0.2, 0) is 4.79 Å². The molecule has 3 aliphatic rings. The number of benzene rings is 1. The topological polar surface area (TPSA) is 65.5 Å². The van der Waals surface area contributed by atoms with Crippen LogP contribution in [0.2, 0.25) is 10.0 Å². The molecule has 2 atom stereocenters. The van der Waals surface area contributed by atoms with Crippen LogP contribution in [0, 0.1) is 0 Å². The van der Waals surface area contributed by atoms with E-state index in [0.717, 1.165) is 60.1 Å². The number of nitrogens with zero attached hydrogens (tertiary/aromatic N) is 3. The Kier molecular flexibility index (Phi) is 7.48. The van der Waals surface area contributed by atoms with Crippen molar-refractivity contribution in [1.82, 2.24) is 4.98 Å². The highest BCUT2D eigenvalue weighted by Crippen LogP contribution is 2.39. The first-order chi connectivity index (χ1) is 15.5. The first-order valence-corrected chi connectivity index (χ1v) is 12.5. The van der Waals surface area contributed by atoms with Gasteiger partial charge >= 0.3 is 0 Å². The van der Waals surface area contributed by atoms with Crippen molar-refractivity contribution < 1.29 is 9.59 Å². The summed E-state index contributed by atoms with van der Waals surface area (Å²) in [6.45, 7) is 0.984. The van der Waals surface area contributed by atoms with Gasteiger partial charge in [-0.3, -0.25) is 9.59 Å².